The number of nitrogens with zero attached hydrogens (tertiary/aromatic N) is 2. The van der Waals surface area contributed by atoms with Crippen molar-refractivity contribution in [2.75, 3.05) is 0 Å². The Hall–Kier alpha value is -7.82. The fourth-order valence-corrected chi connectivity index (χ4v) is 9.43. The molecule has 4 heterocycles. The first-order valence-electron chi connectivity index (χ1n) is 19.7. The molecule has 0 unspecified atom stereocenters. The Bertz CT molecular complexity index is 3420. The van der Waals surface area contributed by atoms with E-state index in [0.29, 0.717) is 0 Å². The van der Waals surface area contributed by atoms with Gasteiger partial charge in [-0.3, -0.25) is 0 Å². The molecule has 0 saturated heterocycles. The molecule has 58 heavy (non-hydrogen) atoms. The van der Waals surface area contributed by atoms with Gasteiger partial charge in [-0.1, -0.05) is 109 Å². The average molecular weight is 741 g/mol. The van der Waals surface area contributed by atoms with Crippen LogP contribution in [-0.4, -0.2) is 9.13 Å². The molecule has 0 saturated carbocycles. The van der Waals surface area contributed by atoms with Crippen molar-refractivity contribution >= 4 is 87.5 Å². The predicted octanol–water partition coefficient (Wildman–Crippen LogP) is 15.0. The summed E-state index contributed by atoms with van der Waals surface area (Å²) in [6.45, 7) is 0. The third kappa shape index (κ3) is 4.45. The van der Waals surface area contributed by atoms with E-state index in [1.54, 1.807) is 0 Å². The normalized spacial score (nSPS) is 12.1. The molecule has 0 atom stereocenters. The fraction of sp³-hybridized carbons (Fsp3) is 0. The smallest absolute Gasteiger partial charge is 0.178 e. The summed E-state index contributed by atoms with van der Waals surface area (Å²) in [6, 6.07) is 69.6. The van der Waals surface area contributed by atoms with Crippen LogP contribution in [0.2, 0.25) is 0 Å². The van der Waals surface area contributed by atoms with Gasteiger partial charge < -0.3 is 18.0 Å². The molecule has 0 aliphatic rings. The molecule has 0 bridgehead atoms. The second-order valence-electron chi connectivity index (χ2n) is 15.3. The number of hydrogen-bond acceptors (Lipinski definition) is 2. The third-order valence-electron chi connectivity index (χ3n) is 12.2. The van der Waals surface area contributed by atoms with Gasteiger partial charge in [0.2, 0.25) is 0 Å². The van der Waals surface area contributed by atoms with E-state index >= 15 is 0 Å². The van der Waals surface area contributed by atoms with Crippen LogP contribution in [0.15, 0.2) is 203 Å². The zero-order valence-corrected chi connectivity index (χ0v) is 31.2. The molecule has 0 aliphatic carbocycles. The van der Waals surface area contributed by atoms with Crippen molar-refractivity contribution in [2.24, 2.45) is 0 Å². The number of rotatable bonds is 4. The van der Waals surface area contributed by atoms with Crippen molar-refractivity contribution < 1.29 is 8.83 Å². The summed E-state index contributed by atoms with van der Waals surface area (Å²) in [5.74, 6) is 0. The number of furan rings is 2. The first kappa shape index (κ1) is 31.4. The van der Waals surface area contributed by atoms with Crippen molar-refractivity contribution in [3.05, 3.63) is 194 Å². The summed E-state index contributed by atoms with van der Waals surface area (Å²) >= 11 is 0. The summed E-state index contributed by atoms with van der Waals surface area (Å²) in [5.41, 5.74) is 15.0. The average Bonchev–Trinajstić information content (AvgIpc) is 4.04. The van der Waals surface area contributed by atoms with Gasteiger partial charge in [-0.05, 0) is 107 Å². The molecule has 0 radical (unpaired) electrons. The summed E-state index contributed by atoms with van der Waals surface area (Å²) < 4.78 is 17.8. The van der Waals surface area contributed by atoms with Crippen molar-refractivity contribution in [1.29, 1.82) is 0 Å². The lowest BCUT2D eigenvalue weighted by atomic mass is 10.0. The van der Waals surface area contributed by atoms with Crippen LogP contribution < -0.4 is 0 Å². The highest BCUT2D eigenvalue weighted by molar-refractivity contribution is 6.19. The lowest BCUT2D eigenvalue weighted by Gasteiger charge is -2.09. The van der Waals surface area contributed by atoms with E-state index in [1.807, 2.05) is 0 Å². The number of fused-ring (bicyclic) bond motifs is 13. The van der Waals surface area contributed by atoms with E-state index < -0.39 is 0 Å². The van der Waals surface area contributed by atoms with Gasteiger partial charge in [0.1, 0.15) is 11.2 Å². The van der Waals surface area contributed by atoms with E-state index in [1.165, 1.54) is 43.6 Å². The van der Waals surface area contributed by atoms with Crippen LogP contribution in [-0.2, 0) is 0 Å². The van der Waals surface area contributed by atoms with Gasteiger partial charge in [-0.2, -0.15) is 0 Å². The van der Waals surface area contributed by atoms with Crippen LogP contribution in [0.3, 0.4) is 0 Å². The van der Waals surface area contributed by atoms with Crippen molar-refractivity contribution in [3.63, 3.8) is 0 Å². The van der Waals surface area contributed by atoms with Crippen LogP contribution in [0.25, 0.3) is 121 Å². The van der Waals surface area contributed by atoms with Gasteiger partial charge in [-0.15, -0.1) is 0 Å². The van der Waals surface area contributed by atoms with Gasteiger partial charge in [0.15, 0.2) is 11.2 Å². The van der Waals surface area contributed by atoms with Gasteiger partial charge in [0.25, 0.3) is 0 Å². The second kappa shape index (κ2) is 11.8. The maximum Gasteiger partial charge on any atom is 0.178 e. The van der Waals surface area contributed by atoms with Crippen LogP contribution in [0.4, 0.5) is 0 Å². The molecule has 13 rings (SSSR count). The molecular weight excluding hydrogens is 709 g/mol. The molecule has 4 heteroatoms. The molecule has 4 aromatic heterocycles. The molecule has 9 aromatic carbocycles. The Balaban J connectivity index is 0.857. The van der Waals surface area contributed by atoms with Gasteiger partial charge in [0, 0.05) is 54.5 Å². The summed E-state index contributed by atoms with van der Waals surface area (Å²) in [6.07, 6.45) is 0. The molecular formula is C54H32N2O2. The highest BCUT2D eigenvalue weighted by Crippen LogP contribution is 2.41. The molecule has 0 amide bonds. The summed E-state index contributed by atoms with van der Waals surface area (Å²) in [5, 5.41) is 9.30. The van der Waals surface area contributed by atoms with Crippen molar-refractivity contribution in [3.8, 4) is 33.6 Å². The van der Waals surface area contributed by atoms with E-state index in [0.717, 1.165) is 77.5 Å². The molecule has 13 aromatic rings. The van der Waals surface area contributed by atoms with E-state index in [-0.39, 0.29) is 0 Å². The lowest BCUT2D eigenvalue weighted by Crippen LogP contribution is -1.93. The van der Waals surface area contributed by atoms with Crippen LogP contribution >= 0.6 is 0 Å². The molecule has 4 nitrogen and oxygen atoms in total. The zero-order chi connectivity index (χ0) is 37.9. The molecule has 270 valence electrons. The van der Waals surface area contributed by atoms with Crippen LogP contribution in [0, 0.1) is 0 Å². The number of aromatic nitrogens is 2. The fourth-order valence-electron chi connectivity index (χ4n) is 9.43. The Morgan fingerprint density at radius 3 is 0.948 bits per heavy atom. The van der Waals surface area contributed by atoms with Crippen LogP contribution in [0.5, 0.6) is 0 Å². The Kier molecular flexibility index (Phi) is 6.41. The number of benzene rings is 9. The van der Waals surface area contributed by atoms with E-state index in [2.05, 4.69) is 203 Å². The largest absolute Gasteiger partial charge is 0.452 e. The van der Waals surface area contributed by atoms with E-state index in [4.69, 9.17) is 8.83 Å². The lowest BCUT2D eigenvalue weighted by molar-refractivity contribution is 0.633. The molecule has 0 spiro atoms. The number of hydrogen-bond donors (Lipinski definition) is 0. The SMILES string of the molecule is c1ccc2c(c1)c1ccccc1n2-c1ccc(-c2ccc3oc4c(ccc5c6cc(-c7ccc(-n8c9ccccc9c9ccccc98)cc7)ccc6oc54)c3c2)cc1. The number of para-hydroxylation sites is 4. The first-order chi connectivity index (χ1) is 28.7. The Morgan fingerprint density at radius 2 is 0.586 bits per heavy atom. The highest BCUT2D eigenvalue weighted by atomic mass is 16.4. The highest BCUT2D eigenvalue weighted by Gasteiger charge is 2.18. The standard InChI is InChI=1S/C54H32N2O2/c1-5-13-47-39(9-1)40-10-2-6-14-48(40)55(47)37-23-17-33(18-24-37)35-21-29-51-45(31-35)43-27-28-44-46-32-36(22-30-52(46)58-54(44)53(43)57-51)34-19-25-38(26-20-34)56-49-15-7-3-11-41(49)42-12-4-8-16-50(42)56/h1-32H. The van der Waals surface area contributed by atoms with Crippen LogP contribution in [0.1, 0.15) is 0 Å². The molecule has 0 aliphatic heterocycles. The molecule has 0 N–H and O–H groups in total. The van der Waals surface area contributed by atoms with Gasteiger partial charge >= 0.3 is 0 Å². The minimum atomic E-state index is 0.777. The Morgan fingerprint density at radius 1 is 0.259 bits per heavy atom. The topological polar surface area (TPSA) is 36.1 Å². The van der Waals surface area contributed by atoms with Gasteiger partial charge in [-0.25, -0.2) is 0 Å². The maximum atomic E-state index is 6.56. The quantitative estimate of drug-likeness (QED) is 0.180. The first-order valence-corrected chi connectivity index (χ1v) is 19.7. The summed E-state index contributed by atoms with van der Waals surface area (Å²) in [7, 11) is 0. The van der Waals surface area contributed by atoms with E-state index in [9.17, 15) is 0 Å². The van der Waals surface area contributed by atoms with Gasteiger partial charge in [0.05, 0.1) is 22.1 Å². The maximum absolute atomic E-state index is 6.56. The summed E-state index contributed by atoms with van der Waals surface area (Å²) in [4.78, 5) is 0. The monoisotopic (exact) mass is 740 g/mol. The predicted molar refractivity (Wildman–Crippen MR) is 241 cm³/mol. The zero-order valence-electron chi connectivity index (χ0n) is 31.2. The Labute approximate surface area is 332 Å². The van der Waals surface area contributed by atoms with Crippen molar-refractivity contribution in [2.45, 2.75) is 0 Å². The second-order valence-corrected chi connectivity index (χ2v) is 15.3. The minimum absolute atomic E-state index is 0.777. The third-order valence-corrected chi connectivity index (χ3v) is 12.2. The minimum Gasteiger partial charge on any atom is -0.452 e. The molecule has 0 fully saturated rings. The van der Waals surface area contributed by atoms with Crippen molar-refractivity contribution in [1.82, 2.24) is 9.13 Å².